The Balaban J connectivity index is 1.54. The summed E-state index contributed by atoms with van der Waals surface area (Å²) < 4.78 is 36.9. The van der Waals surface area contributed by atoms with Gasteiger partial charge in [0.15, 0.2) is 5.82 Å². The highest BCUT2D eigenvalue weighted by Crippen LogP contribution is 2.33. The Morgan fingerprint density at radius 2 is 1.97 bits per heavy atom. The summed E-state index contributed by atoms with van der Waals surface area (Å²) in [6.07, 6.45) is 3.84. The van der Waals surface area contributed by atoms with Crippen LogP contribution in [0.3, 0.4) is 0 Å². The summed E-state index contributed by atoms with van der Waals surface area (Å²) in [5.41, 5.74) is 9.01. The Morgan fingerprint density at radius 1 is 1.11 bits per heavy atom. The van der Waals surface area contributed by atoms with Crippen molar-refractivity contribution in [1.29, 1.82) is 0 Å². The van der Waals surface area contributed by atoms with Crippen LogP contribution in [0.2, 0.25) is 0 Å². The van der Waals surface area contributed by atoms with E-state index in [9.17, 15) is 4.79 Å². The average molecular weight is 479 g/mol. The zero-order chi connectivity index (χ0) is 24.6. The number of esters is 1. The maximum atomic E-state index is 15.0. The van der Waals surface area contributed by atoms with Gasteiger partial charge in [0.05, 0.1) is 25.0 Å². The summed E-state index contributed by atoms with van der Waals surface area (Å²) in [7, 11) is 1.60. The van der Waals surface area contributed by atoms with Crippen molar-refractivity contribution < 1.29 is 27.8 Å². The molecule has 0 spiro atoms. The Morgan fingerprint density at radius 3 is 2.80 bits per heavy atom. The monoisotopic (exact) mass is 478 g/mol. The van der Waals surface area contributed by atoms with E-state index in [-0.39, 0.29) is 31.2 Å². The second-order valence-electron chi connectivity index (χ2n) is 7.94. The molecule has 7 nitrogen and oxygen atoms in total. The molecule has 2 heterocycles. The van der Waals surface area contributed by atoms with Crippen molar-refractivity contribution >= 4 is 16.9 Å². The first-order valence-corrected chi connectivity index (χ1v) is 11.3. The van der Waals surface area contributed by atoms with E-state index in [0.29, 0.717) is 42.1 Å². The summed E-state index contributed by atoms with van der Waals surface area (Å²) in [5.74, 6) is -0.215. The Labute approximate surface area is 202 Å². The van der Waals surface area contributed by atoms with E-state index in [1.165, 1.54) is 0 Å². The van der Waals surface area contributed by atoms with Crippen LogP contribution in [0, 0.1) is 5.82 Å². The normalized spacial score (nSPS) is 11.1. The zero-order valence-electron chi connectivity index (χ0n) is 19.5. The minimum Gasteiger partial charge on any atom is -0.489 e. The predicted molar refractivity (Wildman–Crippen MR) is 129 cm³/mol. The van der Waals surface area contributed by atoms with Gasteiger partial charge in [-0.1, -0.05) is 18.2 Å². The van der Waals surface area contributed by atoms with Gasteiger partial charge >= 0.3 is 5.97 Å². The highest BCUT2D eigenvalue weighted by Gasteiger charge is 2.16. The molecule has 0 aliphatic heterocycles. The van der Waals surface area contributed by atoms with E-state index in [4.69, 9.17) is 24.4 Å². The molecule has 2 N–H and O–H groups in total. The van der Waals surface area contributed by atoms with Crippen LogP contribution in [0.15, 0.2) is 65.4 Å². The van der Waals surface area contributed by atoms with E-state index in [2.05, 4.69) is 4.98 Å². The van der Waals surface area contributed by atoms with Gasteiger partial charge in [0.2, 0.25) is 0 Å². The SMILES string of the molecule is COCCCOC(=O)Cc1ccccc1OCc1cc(-c2ccnc(CN)c2F)c2ccoc2c1. The van der Waals surface area contributed by atoms with E-state index in [0.717, 1.165) is 16.5 Å². The molecule has 0 bridgehead atoms. The molecule has 8 heteroatoms. The van der Waals surface area contributed by atoms with Gasteiger partial charge in [-0.3, -0.25) is 9.78 Å². The number of benzene rings is 2. The second kappa shape index (κ2) is 11.6. The number of nitrogens with two attached hydrogens (primary N) is 1. The molecule has 182 valence electrons. The van der Waals surface area contributed by atoms with Crippen LogP contribution in [0.4, 0.5) is 4.39 Å². The van der Waals surface area contributed by atoms with Crippen LogP contribution in [-0.4, -0.2) is 31.3 Å². The third-order valence-electron chi connectivity index (χ3n) is 5.53. The number of carbonyl (C=O) groups excluding carboxylic acids is 1. The third-order valence-corrected chi connectivity index (χ3v) is 5.53. The lowest BCUT2D eigenvalue weighted by Gasteiger charge is -2.13. The number of rotatable bonds is 11. The largest absolute Gasteiger partial charge is 0.489 e. The van der Waals surface area contributed by atoms with Crippen LogP contribution < -0.4 is 10.5 Å². The molecule has 0 saturated heterocycles. The Bertz CT molecular complexity index is 1300. The Hall–Kier alpha value is -3.75. The number of carbonyl (C=O) groups is 1. The molecule has 0 amide bonds. The molecule has 0 saturated carbocycles. The van der Waals surface area contributed by atoms with E-state index < -0.39 is 5.82 Å². The van der Waals surface area contributed by atoms with Crippen molar-refractivity contribution in [2.75, 3.05) is 20.3 Å². The van der Waals surface area contributed by atoms with Gasteiger partial charge < -0.3 is 24.4 Å². The maximum Gasteiger partial charge on any atom is 0.310 e. The predicted octanol–water partition coefficient (Wildman–Crippen LogP) is 4.79. The molecule has 0 unspecified atom stereocenters. The first kappa shape index (κ1) is 24.4. The van der Waals surface area contributed by atoms with Gasteiger partial charge in [-0.05, 0) is 41.5 Å². The van der Waals surface area contributed by atoms with Crippen molar-refractivity contribution in [2.45, 2.75) is 26.0 Å². The van der Waals surface area contributed by atoms with Crippen LogP contribution in [0.1, 0.15) is 23.2 Å². The number of nitrogens with zero attached hydrogens (tertiary/aromatic N) is 1. The molecule has 4 aromatic rings. The van der Waals surface area contributed by atoms with Crippen molar-refractivity contribution in [2.24, 2.45) is 5.73 Å². The van der Waals surface area contributed by atoms with Crippen molar-refractivity contribution in [3.05, 3.63) is 83.6 Å². The first-order chi connectivity index (χ1) is 17.1. The number of fused-ring (bicyclic) bond motifs is 1. The van der Waals surface area contributed by atoms with Crippen LogP contribution in [0.25, 0.3) is 22.1 Å². The molecule has 0 aliphatic rings. The summed E-state index contributed by atoms with van der Waals surface area (Å²) in [5, 5.41) is 0.776. The van der Waals surface area contributed by atoms with Gasteiger partial charge in [-0.15, -0.1) is 0 Å². The molecule has 0 aliphatic carbocycles. The quantitative estimate of drug-likeness (QED) is 0.244. The summed E-state index contributed by atoms with van der Waals surface area (Å²) in [6.45, 7) is 1.04. The fraction of sp³-hybridized carbons (Fsp3) is 0.259. The average Bonchev–Trinajstić information content (AvgIpc) is 3.35. The van der Waals surface area contributed by atoms with Crippen molar-refractivity contribution in [3.8, 4) is 16.9 Å². The molecule has 0 fully saturated rings. The van der Waals surface area contributed by atoms with Gasteiger partial charge in [0.25, 0.3) is 0 Å². The van der Waals surface area contributed by atoms with Crippen LogP contribution in [0.5, 0.6) is 5.75 Å². The van der Waals surface area contributed by atoms with Gasteiger partial charge in [-0.2, -0.15) is 0 Å². The van der Waals surface area contributed by atoms with E-state index in [1.54, 1.807) is 37.8 Å². The van der Waals surface area contributed by atoms with E-state index >= 15 is 4.39 Å². The maximum absolute atomic E-state index is 15.0. The first-order valence-electron chi connectivity index (χ1n) is 11.3. The minimum atomic E-state index is -0.454. The second-order valence-corrected chi connectivity index (χ2v) is 7.94. The number of furan rings is 1. The number of para-hydroxylation sites is 1. The highest BCUT2D eigenvalue weighted by molar-refractivity contribution is 5.94. The fourth-order valence-corrected chi connectivity index (χ4v) is 3.82. The van der Waals surface area contributed by atoms with Crippen LogP contribution in [-0.2, 0) is 33.8 Å². The molecular formula is C27H27FN2O5. The number of hydrogen-bond donors (Lipinski definition) is 1. The smallest absolute Gasteiger partial charge is 0.310 e. The molecule has 0 atom stereocenters. The molecule has 4 rings (SSSR count). The topological polar surface area (TPSA) is 96.8 Å². The molecular weight excluding hydrogens is 451 g/mol. The highest BCUT2D eigenvalue weighted by atomic mass is 19.1. The fourth-order valence-electron chi connectivity index (χ4n) is 3.82. The zero-order valence-corrected chi connectivity index (χ0v) is 19.5. The number of ether oxygens (including phenoxy) is 3. The summed E-state index contributed by atoms with van der Waals surface area (Å²) in [6, 6.07) is 14.4. The van der Waals surface area contributed by atoms with Crippen molar-refractivity contribution in [1.82, 2.24) is 4.98 Å². The lowest BCUT2D eigenvalue weighted by Crippen LogP contribution is -2.11. The van der Waals surface area contributed by atoms with Crippen LogP contribution >= 0.6 is 0 Å². The number of pyridine rings is 1. The molecule has 2 aromatic carbocycles. The summed E-state index contributed by atoms with van der Waals surface area (Å²) in [4.78, 5) is 16.2. The standard InChI is InChI=1S/C27H27FN2O5/c1-32-10-4-11-34-26(31)15-19-5-2-3-6-24(19)35-17-18-13-22(20-8-12-33-25(20)14-18)21-7-9-30-23(16-29)27(21)28/h2-3,5-9,12-14H,4,10-11,15-17,29H2,1H3. The summed E-state index contributed by atoms with van der Waals surface area (Å²) >= 11 is 0. The molecule has 2 aromatic heterocycles. The van der Waals surface area contributed by atoms with Gasteiger partial charge in [0, 0.05) is 49.4 Å². The number of methoxy groups -OCH3 is 1. The minimum absolute atomic E-state index is 0.00258. The Kier molecular flexibility index (Phi) is 8.07. The lowest BCUT2D eigenvalue weighted by atomic mass is 9.99. The van der Waals surface area contributed by atoms with Gasteiger partial charge in [-0.25, -0.2) is 4.39 Å². The number of hydrogen-bond acceptors (Lipinski definition) is 7. The molecule has 0 radical (unpaired) electrons. The van der Waals surface area contributed by atoms with E-state index in [1.807, 2.05) is 30.3 Å². The van der Waals surface area contributed by atoms with Gasteiger partial charge in [0.1, 0.15) is 17.9 Å². The lowest BCUT2D eigenvalue weighted by molar-refractivity contribution is -0.143. The number of aromatic nitrogens is 1. The van der Waals surface area contributed by atoms with Crippen molar-refractivity contribution in [3.63, 3.8) is 0 Å². The molecule has 35 heavy (non-hydrogen) atoms. The number of halogens is 1. The third kappa shape index (κ3) is 5.85.